The molecule has 0 spiro atoms. The van der Waals surface area contributed by atoms with Crippen molar-refractivity contribution in [2.24, 2.45) is 0 Å². The Hall–Kier alpha value is -1.79. The topological polar surface area (TPSA) is 82.3 Å². The lowest BCUT2D eigenvalue weighted by Gasteiger charge is -2.16. The zero-order valence-corrected chi connectivity index (χ0v) is 13.3. The summed E-state index contributed by atoms with van der Waals surface area (Å²) in [6.07, 6.45) is 0. The number of benzene rings is 1. The van der Waals surface area contributed by atoms with Crippen molar-refractivity contribution in [3.63, 3.8) is 0 Å². The van der Waals surface area contributed by atoms with Crippen LogP contribution in [0.4, 0.5) is 10.5 Å². The number of hydrogen-bond donors (Lipinski definition) is 4. The number of rotatable bonds is 6. The van der Waals surface area contributed by atoms with Gasteiger partial charge in [-0.05, 0) is 33.0 Å². The molecule has 0 aliphatic carbocycles. The molecule has 0 fully saturated rings. The molecule has 0 bridgehead atoms. The number of hydrogen-bond acceptors (Lipinski definition) is 3. The van der Waals surface area contributed by atoms with Crippen LogP contribution in [0.3, 0.4) is 0 Å². The van der Waals surface area contributed by atoms with Crippen LogP contribution in [0.2, 0.25) is 0 Å². The van der Waals surface area contributed by atoms with Crippen molar-refractivity contribution in [2.75, 3.05) is 18.9 Å². The number of carbonyl (C=O) groups excluding carboxylic acids is 2. The largest absolute Gasteiger partial charge is 0.353 e. The van der Waals surface area contributed by atoms with E-state index in [9.17, 15) is 9.59 Å². The Kier molecular flexibility index (Phi) is 9.16. The molecule has 2 atom stereocenters. The first-order valence-electron chi connectivity index (χ1n) is 6.60. The number of carbonyl (C=O) groups is 2. The number of likely N-dealkylation sites (N-methyl/N-ethyl adjacent to an activating group) is 1. The highest BCUT2D eigenvalue weighted by Crippen LogP contribution is 2.04. The van der Waals surface area contributed by atoms with Crippen LogP contribution in [0.1, 0.15) is 13.8 Å². The van der Waals surface area contributed by atoms with Gasteiger partial charge in [0.05, 0.1) is 0 Å². The highest BCUT2D eigenvalue weighted by atomic mass is 35.5. The van der Waals surface area contributed by atoms with Crippen LogP contribution in [0, 0.1) is 0 Å². The molecule has 0 radical (unpaired) electrons. The van der Waals surface area contributed by atoms with Crippen LogP contribution in [-0.2, 0) is 4.79 Å². The molecule has 1 rings (SSSR count). The summed E-state index contributed by atoms with van der Waals surface area (Å²) in [4.78, 5) is 23.5. The highest BCUT2D eigenvalue weighted by Gasteiger charge is 2.15. The summed E-state index contributed by atoms with van der Waals surface area (Å²) in [6, 6.07) is 8.25. The van der Waals surface area contributed by atoms with Crippen molar-refractivity contribution < 1.29 is 9.59 Å². The molecule has 0 heterocycles. The Morgan fingerprint density at radius 3 is 2.33 bits per heavy atom. The first-order chi connectivity index (χ1) is 9.52. The van der Waals surface area contributed by atoms with E-state index >= 15 is 0 Å². The van der Waals surface area contributed by atoms with Crippen LogP contribution in [0.25, 0.3) is 0 Å². The second kappa shape index (κ2) is 10.0. The van der Waals surface area contributed by atoms with Gasteiger partial charge in [-0.2, -0.15) is 0 Å². The molecule has 21 heavy (non-hydrogen) atoms. The maximum atomic E-state index is 11.8. The van der Waals surface area contributed by atoms with E-state index in [0.717, 1.165) is 0 Å². The predicted molar refractivity (Wildman–Crippen MR) is 86.8 cm³/mol. The Morgan fingerprint density at radius 2 is 1.76 bits per heavy atom. The molecule has 0 aliphatic heterocycles. The lowest BCUT2D eigenvalue weighted by atomic mass is 10.3. The number of para-hydroxylation sites is 1. The minimum Gasteiger partial charge on any atom is -0.353 e. The molecule has 4 N–H and O–H groups in total. The van der Waals surface area contributed by atoms with Gasteiger partial charge in [0.2, 0.25) is 5.91 Å². The van der Waals surface area contributed by atoms with Crippen molar-refractivity contribution in [3.05, 3.63) is 30.3 Å². The first kappa shape index (κ1) is 19.2. The van der Waals surface area contributed by atoms with E-state index in [2.05, 4.69) is 21.3 Å². The summed E-state index contributed by atoms with van der Waals surface area (Å²) >= 11 is 0. The summed E-state index contributed by atoms with van der Waals surface area (Å²) in [5.41, 5.74) is 0.682. The predicted octanol–water partition coefficient (Wildman–Crippen LogP) is 1.34. The Balaban J connectivity index is 0.00000400. The van der Waals surface area contributed by atoms with Gasteiger partial charge in [0.25, 0.3) is 0 Å². The zero-order chi connectivity index (χ0) is 15.0. The van der Waals surface area contributed by atoms with E-state index in [-0.39, 0.29) is 24.4 Å². The summed E-state index contributed by atoms with van der Waals surface area (Å²) in [7, 11) is 1.83. The van der Waals surface area contributed by atoms with Crippen molar-refractivity contribution in [1.82, 2.24) is 16.0 Å². The minimum atomic E-state index is -0.595. The summed E-state index contributed by atoms with van der Waals surface area (Å²) in [6.45, 7) is 4.12. The summed E-state index contributed by atoms with van der Waals surface area (Å²) < 4.78 is 0. The van der Waals surface area contributed by atoms with Gasteiger partial charge in [0, 0.05) is 18.3 Å². The van der Waals surface area contributed by atoms with Crippen LogP contribution >= 0.6 is 12.4 Å². The van der Waals surface area contributed by atoms with E-state index in [1.165, 1.54) is 0 Å². The van der Waals surface area contributed by atoms with Gasteiger partial charge in [-0.1, -0.05) is 18.2 Å². The number of anilines is 1. The van der Waals surface area contributed by atoms with Crippen molar-refractivity contribution in [3.8, 4) is 0 Å². The lowest BCUT2D eigenvalue weighted by Crippen LogP contribution is -2.48. The highest BCUT2D eigenvalue weighted by molar-refractivity contribution is 5.93. The van der Waals surface area contributed by atoms with E-state index in [4.69, 9.17) is 0 Å². The SMILES string of the molecule is CNC(C)CNC(=O)C(C)NC(=O)Nc1ccccc1.Cl. The van der Waals surface area contributed by atoms with Crippen LogP contribution in [0.15, 0.2) is 30.3 Å². The Bertz CT molecular complexity index is 442. The monoisotopic (exact) mass is 314 g/mol. The average molecular weight is 315 g/mol. The molecule has 0 saturated carbocycles. The summed E-state index contributed by atoms with van der Waals surface area (Å²) in [5, 5.41) is 11.0. The van der Waals surface area contributed by atoms with E-state index in [1.54, 1.807) is 19.1 Å². The number of urea groups is 1. The lowest BCUT2D eigenvalue weighted by molar-refractivity contribution is -0.122. The van der Waals surface area contributed by atoms with Crippen LogP contribution < -0.4 is 21.3 Å². The van der Waals surface area contributed by atoms with Gasteiger partial charge in [-0.3, -0.25) is 4.79 Å². The van der Waals surface area contributed by atoms with Crippen LogP contribution in [-0.4, -0.2) is 37.6 Å². The zero-order valence-electron chi connectivity index (χ0n) is 12.5. The van der Waals surface area contributed by atoms with Crippen molar-refractivity contribution in [2.45, 2.75) is 25.9 Å². The van der Waals surface area contributed by atoms with Crippen molar-refractivity contribution in [1.29, 1.82) is 0 Å². The van der Waals surface area contributed by atoms with Gasteiger partial charge in [-0.25, -0.2) is 4.79 Å². The normalized spacial score (nSPS) is 12.5. The first-order valence-corrected chi connectivity index (χ1v) is 6.60. The number of halogens is 1. The molecule has 0 aliphatic rings. The Morgan fingerprint density at radius 1 is 1.14 bits per heavy atom. The molecular formula is C14H23ClN4O2. The maximum absolute atomic E-state index is 11.8. The molecule has 3 amide bonds. The molecule has 118 valence electrons. The van der Waals surface area contributed by atoms with Gasteiger partial charge >= 0.3 is 6.03 Å². The fourth-order valence-corrected chi connectivity index (χ4v) is 1.46. The number of nitrogens with one attached hydrogen (secondary N) is 4. The molecule has 1 aromatic rings. The van der Waals surface area contributed by atoms with Crippen LogP contribution in [0.5, 0.6) is 0 Å². The second-order valence-electron chi connectivity index (χ2n) is 4.62. The smallest absolute Gasteiger partial charge is 0.319 e. The average Bonchev–Trinajstić information content (AvgIpc) is 2.45. The van der Waals surface area contributed by atoms with E-state index < -0.39 is 12.1 Å². The van der Waals surface area contributed by atoms with Gasteiger partial charge in [-0.15, -0.1) is 12.4 Å². The minimum absolute atomic E-state index is 0. The third kappa shape index (κ3) is 7.53. The number of amides is 3. The standard InChI is InChI=1S/C14H22N4O2.ClH/c1-10(15-3)9-16-13(19)11(2)17-14(20)18-12-7-5-4-6-8-12;/h4-8,10-11,15H,9H2,1-3H3,(H,16,19)(H2,17,18,20);1H. The maximum Gasteiger partial charge on any atom is 0.319 e. The fraction of sp³-hybridized carbons (Fsp3) is 0.429. The summed E-state index contributed by atoms with van der Waals surface area (Å²) in [5.74, 6) is -0.213. The third-order valence-corrected chi connectivity index (χ3v) is 2.85. The molecule has 7 heteroatoms. The molecule has 1 aromatic carbocycles. The molecular weight excluding hydrogens is 292 g/mol. The molecule has 2 unspecified atom stereocenters. The van der Waals surface area contributed by atoms with E-state index in [1.807, 2.05) is 32.2 Å². The molecule has 0 aromatic heterocycles. The van der Waals surface area contributed by atoms with Gasteiger partial charge in [0.15, 0.2) is 0 Å². The van der Waals surface area contributed by atoms with E-state index in [0.29, 0.717) is 12.2 Å². The fourth-order valence-electron chi connectivity index (χ4n) is 1.46. The molecule has 6 nitrogen and oxygen atoms in total. The molecule has 0 saturated heterocycles. The van der Waals surface area contributed by atoms with Gasteiger partial charge < -0.3 is 21.3 Å². The second-order valence-corrected chi connectivity index (χ2v) is 4.62. The quantitative estimate of drug-likeness (QED) is 0.639. The Labute approximate surface area is 131 Å². The van der Waals surface area contributed by atoms with Crippen molar-refractivity contribution >= 4 is 30.0 Å². The van der Waals surface area contributed by atoms with Gasteiger partial charge in [0.1, 0.15) is 6.04 Å². The third-order valence-electron chi connectivity index (χ3n) is 2.85.